The third-order valence-electron chi connectivity index (χ3n) is 3.46. The van der Waals surface area contributed by atoms with Crippen molar-refractivity contribution < 1.29 is 9.18 Å². The largest absolute Gasteiger partial charge is 0.340 e. The Morgan fingerprint density at radius 2 is 1.96 bits per heavy atom. The number of hydrogen-bond donors (Lipinski definition) is 2. The zero-order valence-corrected chi connectivity index (χ0v) is 14.1. The van der Waals surface area contributed by atoms with Gasteiger partial charge in [-0.25, -0.2) is 9.37 Å². The van der Waals surface area contributed by atoms with E-state index in [1.165, 1.54) is 24.4 Å². The number of carbonyl (C=O) groups is 1. The lowest BCUT2D eigenvalue weighted by molar-refractivity contribution is 0.102. The quantitative estimate of drug-likeness (QED) is 0.699. The average Bonchev–Trinajstić information content (AvgIpc) is 2.65. The van der Waals surface area contributed by atoms with Crippen molar-refractivity contribution in [2.24, 2.45) is 0 Å². The van der Waals surface area contributed by atoms with Gasteiger partial charge in [0.1, 0.15) is 11.6 Å². The minimum absolute atomic E-state index is 0.0127. The highest BCUT2D eigenvalue weighted by molar-refractivity contribution is 6.31. The number of nitrogens with zero attached hydrogens (tertiary/aromatic N) is 2. The first-order valence-corrected chi connectivity index (χ1v) is 7.92. The van der Waals surface area contributed by atoms with Crippen LogP contribution in [0, 0.1) is 17.1 Å². The Hall–Kier alpha value is -3.43. The van der Waals surface area contributed by atoms with E-state index in [1.54, 1.807) is 36.4 Å². The topological polar surface area (TPSA) is 77.8 Å². The molecule has 1 amide bonds. The molecule has 7 heteroatoms. The highest BCUT2D eigenvalue weighted by Crippen LogP contribution is 2.22. The van der Waals surface area contributed by atoms with E-state index in [0.717, 1.165) is 0 Å². The Morgan fingerprint density at radius 1 is 1.12 bits per heavy atom. The van der Waals surface area contributed by atoms with E-state index >= 15 is 0 Å². The van der Waals surface area contributed by atoms with Crippen LogP contribution in [-0.4, -0.2) is 10.9 Å². The highest BCUT2D eigenvalue weighted by Gasteiger charge is 2.09. The number of halogens is 2. The van der Waals surface area contributed by atoms with E-state index in [1.807, 2.05) is 6.07 Å². The van der Waals surface area contributed by atoms with Crippen molar-refractivity contribution in [3.63, 3.8) is 0 Å². The van der Waals surface area contributed by atoms with Gasteiger partial charge in [-0.05, 0) is 48.5 Å². The molecule has 0 bridgehead atoms. The van der Waals surface area contributed by atoms with E-state index in [4.69, 9.17) is 16.9 Å². The molecule has 1 aromatic heterocycles. The lowest BCUT2D eigenvalue weighted by Gasteiger charge is -2.09. The fourth-order valence-corrected chi connectivity index (χ4v) is 2.41. The standard InChI is InChI=1S/C19H12ClFN4O/c20-16-10-15(4-5-17(16)21)24-18-9-13(6-7-23-18)19(26)25-14-3-1-2-12(8-14)11-22/h1-10H,(H,23,24)(H,25,26). The molecule has 3 aromatic rings. The van der Waals surface area contributed by atoms with Crippen molar-refractivity contribution in [3.8, 4) is 6.07 Å². The number of hydrogen-bond acceptors (Lipinski definition) is 4. The number of benzene rings is 2. The molecule has 0 aliphatic heterocycles. The third-order valence-corrected chi connectivity index (χ3v) is 3.75. The molecule has 0 atom stereocenters. The number of anilines is 3. The average molecular weight is 367 g/mol. The number of nitrogens with one attached hydrogen (secondary N) is 2. The molecule has 2 N–H and O–H groups in total. The number of carbonyl (C=O) groups excluding carboxylic acids is 1. The van der Waals surface area contributed by atoms with Crippen molar-refractivity contribution in [3.05, 3.63) is 82.8 Å². The van der Waals surface area contributed by atoms with Crippen LogP contribution in [0.1, 0.15) is 15.9 Å². The number of rotatable bonds is 4. The van der Waals surface area contributed by atoms with Crippen LogP contribution in [0.4, 0.5) is 21.6 Å². The first-order valence-electron chi connectivity index (χ1n) is 7.55. The molecule has 3 rings (SSSR count). The second-order valence-electron chi connectivity index (χ2n) is 5.33. The lowest BCUT2D eigenvalue weighted by Crippen LogP contribution is -2.12. The maximum absolute atomic E-state index is 13.2. The normalized spacial score (nSPS) is 10.0. The number of aromatic nitrogens is 1. The summed E-state index contributed by atoms with van der Waals surface area (Å²) in [5.41, 5.74) is 1.89. The van der Waals surface area contributed by atoms with Gasteiger partial charge in [0.25, 0.3) is 5.91 Å². The van der Waals surface area contributed by atoms with Crippen LogP contribution in [0.15, 0.2) is 60.8 Å². The summed E-state index contributed by atoms with van der Waals surface area (Å²) >= 11 is 5.75. The van der Waals surface area contributed by atoms with E-state index in [2.05, 4.69) is 15.6 Å². The predicted molar refractivity (Wildman–Crippen MR) is 98.0 cm³/mol. The number of amides is 1. The molecule has 1 heterocycles. The second-order valence-corrected chi connectivity index (χ2v) is 5.74. The molecule has 0 unspecified atom stereocenters. The van der Waals surface area contributed by atoms with E-state index in [-0.39, 0.29) is 10.9 Å². The van der Waals surface area contributed by atoms with Crippen LogP contribution < -0.4 is 10.6 Å². The molecule has 128 valence electrons. The van der Waals surface area contributed by atoms with Gasteiger partial charge < -0.3 is 10.6 Å². The van der Waals surface area contributed by atoms with Crippen LogP contribution in [0.2, 0.25) is 5.02 Å². The maximum atomic E-state index is 13.2. The van der Waals surface area contributed by atoms with E-state index < -0.39 is 5.82 Å². The molecule has 0 saturated heterocycles. The van der Waals surface area contributed by atoms with Crippen molar-refractivity contribution in [2.75, 3.05) is 10.6 Å². The van der Waals surface area contributed by atoms with Crippen molar-refractivity contribution >= 4 is 34.7 Å². The van der Waals surface area contributed by atoms with Crippen LogP contribution in [0.3, 0.4) is 0 Å². The van der Waals surface area contributed by atoms with Gasteiger partial charge in [-0.2, -0.15) is 5.26 Å². The van der Waals surface area contributed by atoms with Gasteiger partial charge >= 0.3 is 0 Å². The summed E-state index contributed by atoms with van der Waals surface area (Å²) in [6.45, 7) is 0. The first kappa shape index (κ1) is 17.4. The van der Waals surface area contributed by atoms with Crippen LogP contribution >= 0.6 is 11.6 Å². The van der Waals surface area contributed by atoms with Crippen LogP contribution in [0.5, 0.6) is 0 Å². The molecule has 0 aliphatic carbocycles. The smallest absolute Gasteiger partial charge is 0.255 e. The van der Waals surface area contributed by atoms with Crippen LogP contribution in [0.25, 0.3) is 0 Å². The van der Waals surface area contributed by atoms with Crippen molar-refractivity contribution in [1.82, 2.24) is 4.98 Å². The Labute approximate surface area is 154 Å². The molecular weight excluding hydrogens is 355 g/mol. The zero-order chi connectivity index (χ0) is 18.5. The predicted octanol–water partition coefficient (Wildman–Crippen LogP) is 4.74. The molecule has 0 fully saturated rings. The Kier molecular flexibility index (Phi) is 5.11. The molecule has 2 aromatic carbocycles. The van der Waals surface area contributed by atoms with E-state index in [9.17, 15) is 9.18 Å². The van der Waals surface area contributed by atoms with Gasteiger partial charge in [-0.1, -0.05) is 17.7 Å². The zero-order valence-electron chi connectivity index (χ0n) is 13.3. The lowest BCUT2D eigenvalue weighted by atomic mass is 10.2. The maximum Gasteiger partial charge on any atom is 0.255 e. The summed E-state index contributed by atoms with van der Waals surface area (Å²) in [4.78, 5) is 16.5. The first-order chi connectivity index (χ1) is 12.5. The summed E-state index contributed by atoms with van der Waals surface area (Å²) in [5, 5.41) is 14.6. The fraction of sp³-hybridized carbons (Fsp3) is 0. The highest BCUT2D eigenvalue weighted by atomic mass is 35.5. The summed E-state index contributed by atoms with van der Waals surface area (Å²) in [6.07, 6.45) is 1.48. The monoisotopic (exact) mass is 366 g/mol. The van der Waals surface area contributed by atoms with Gasteiger partial charge in [-0.3, -0.25) is 4.79 Å². The molecule has 0 spiro atoms. The fourth-order valence-electron chi connectivity index (χ4n) is 2.23. The molecule has 0 radical (unpaired) electrons. The Bertz CT molecular complexity index is 1020. The second kappa shape index (κ2) is 7.64. The van der Waals surface area contributed by atoms with Gasteiger partial charge in [0, 0.05) is 23.1 Å². The van der Waals surface area contributed by atoms with Gasteiger partial charge in [-0.15, -0.1) is 0 Å². The summed E-state index contributed by atoms with van der Waals surface area (Å²) < 4.78 is 13.2. The van der Waals surface area contributed by atoms with Crippen LogP contribution in [-0.2, 0) is 0 Å². The van der Waals surface area contributed by atoms with Gasteiger partial charge in [0.2, 0.25) is 0 Å². The molecular formula is C19H12ClFN4O. The number of nitriles is 1. The molecule has 26 heavy (non-hydrogen) atoms. The summed E-state index contributed by atoms with van der Waals surface area (Å²) in [6, 6.07) is 15.9. The van der Waals surface area contributed by atoms with Crippen molar-refractivity contribution in [2.45, 2.75) is 0 Å². The summed E-state index contributed by atoms with van der Waals surface area (Å²) in [5.74, 6) is -0.452. The minimum atomic E-state index is -0.516. The Balaban J connectivity index is 1.76. The minimum Gasteiger partial charge on any atom is -0.340 e. The molecule has 0 saturated carbocycles. The van der Waals surface area contributed by atoms with Gasteiger partial charge in [0.15, 0.2) is 0 Å². The third kappa shape index (κ3) is 4.15. The van der Waals surface area contributed by atoms with Gasteiger partial charge in [0.05, 0.1) is 16.7 Å². The molecule has 5 nitrogen and oxygen atoms in total. The van der Waals surface area contributed by atoms with Crippen molar-refractivity contribution in [1.29, 1.82) is 5.26 Å². The van der Waals surface area contributed by atoms with E-state index in [0.29, 0.717) is 28.3 Å². The Morgan fingerprint density at radius 3 is 2.73 bits per heavy atom. The molecule has 0 aliphatic rings. The summed E-state index contributed by atoms with van der Waals surface area (Å²) in [7, 11) is 0. The SMILES string of the molecule is N#Cc1cccc(NC(=O)c2ccnc(Nc3ccc(F)c(Cl)c3)c2)c1. The number of pyridine rings is 1.